The maximum Gasteiger partial charge on any atom is 0.222 e. The topological polar surface area (TPSA) is 84.4 Å². The summed E-state index contributed by atoms with van der Waals surface area (Å²) in [7, 11) is 0. The van der Waals surface area contributed by atoms with E-state index in [1.807, 2.05) is 41.6 Å². The predicted octanol–water partition coefficient (Wildman–Crippen LogP) is 2.21. The summed E-state index contributed by atoms with van der Waals surface area (Å²) in [4.78, 5) is 14.6. The van der Waals surface area contributed by atoms with Crippen LogP contribution in [0, 0.1) is 13.8 Å². The van der Waals surface area contributed by atoms with Crippen molar-refractivity contribution < 1.29 is 9.90 Å². The number of nitrogens with two attached hydrogens (primary N) is 1. The fourth-order valence-corrected chi connectivity index (χ4v) is 5.07. The summed E-state index contributed by atoms with van der Waals surface area (Å²) in [5.41, 5.74) is 10.4. The SMILES string of the molecule is Cc1cc(C)n(CCCC(=O)N2CCC3(CC2)c2ccccc2[C@@H](N)[C@@H]3O)n1. The van der Waals surface area contributed by atoms with E-state index >= 15 is 0 Å². The average molecular weight is 383 g/mol. The van der Waals surface area contributed by atoms with Crippen LogP contribution in [0.1, 0.15) is 54.2 Å². The summed E-state index contributed by atoms with van der Waals surface area (Å²) in [5, 5.41) is 15.3. The lowest BCUT2D eigenvalue weighted by molar-refractivity contribution is -0.133. The minimum atomic E-state index is -0.576. The Balaban J connectivity index is 1.35. The van der Waals surface area contributed by atoms with E-state index in [0.717, 1.165) is 42.8 Å². The van der Waals surface area contributed by atoms with Crippen LogP contribution in [0.3, 0.4) is 0 Å². The Labute approximate surface area is 166 Å². The predicted molar refractivity (Wildman–Crippen MR) is 108 cm³/mol. The molecule has 150 valence electrons. The second-order valence-corrected chi connectivity index (χ2v) is 8.35. The summed E-state index contributed by atoms with van der Waals surface area (Å²) in [6.07, 6.45) is 2.28. The number of carbonyl (C=O) groups excluding carboxylic acids is 1. The molecule has 1 spiro atoms. The van der Waals surface area contributed by atoms with Gasteiger partial charge >= 0.3 is 0 Å². The third kappa shape index (κ3) is 3.14. The molecule has 0 saturated carbocycles. The fraction of sp³-hybridized carbons (Fsp3) is 0.545. The van der Waals surface area contributed by atoms with Crippen molar-refractivity contribution in [2.75, 3.05) is 13.1 Å². The number of piperidine rings is 1. The monoisotopic (exact) mass is 382 g/mol. The Bertz CT molecular complexity index is 867. The molecule has 2 atom stereocenters. The van der Waals surface area contributed by atoms with Crippen LogP contribution in [-0.2, 0) is 16.8 Å². The maximum atomic E-state index is 12.7. The number of rotatable bonds is 4. The van der Waals surface area contributed by atoms with Crippen molar-refractivity contribution in [3.05, 3.63) is 52.8 Å². The molecule has 28 heavy (non-hydrogen) atoms. The van der Waals surface area contributed by atoms with Gasteiger partial charge in [-0.1, -0.05) is 24.3 Å². The van der Waals surface area contributed by atoms with Gasteiger partial charge in [-0.3, -0.25) is 9.48 Å². The zero-order valence-electron chi connectivity index (χ0n) is 16.8. The molecule has 1 amide bonds. The highest BCUT2D eigenvalue weighted by Crippen LogP contribution is 2.50. The highest BCUT2D eigenvalue weighted by Gasteiger charge is 2.51. The number of aliphatic hydroxyl groups excluding tert-OH is 1. The summed E-state index contributed by atoms with van der Waals surface area (Å²) in [6.45, 7) is 6.15. The minimum Gasteiger partial charge on any atom is -0.390 e. The van der Waals surface area contributed by atoms with Crippen molar-refractivity contribution in [3.63, 3.8) is 0 Å². The summed E-state index contributed by atoms with van der Waals surface area (Å²) < 4.78 is 1.97. The first kappa shape index (κ1) is 19.2. The molecule has 1 aromatic carbocycles. The maximum absolute atomic E-state index is 12.7. The van der Waals surface area contributed by atoms with Crippen molar-refractivity contribution in [3.8, 4) is 0 Å². The molecular weight excluding hydrogens is 352 g/mol. The van der Waals surface area contributed by atoms with Crippen LogP contribution in [-0.4, -0.2) is 44.9 Å². The standard InChI is InChI=1S/C22H30N4O2/c1-15-14-16(2)26(24-15)11-5-8-19(27)25-12-9-22(10-13-25)18-7-4-3-6-17(18)20(23)21(22)28/h3-4,6-7,14,20-21,28H,5,8-13,23H2,1-2H3/t20-,21+/m1/s1. The number of hydrogen-bond acceptors (Lipinski definition) is 4. The Morgan fingerprint density at radius 2 is 2.00 bits per heavy atom. The van der Waals surface area contributed by atoms with E-state index in [1.165, 1.54) is 5.56 Å². The molecule has 6 heteroatoms. The van der Waals surface area contributed by atoms with Gasteiger partial charge in [0.05, 0.1) is 17.8 Å². The highest BCUT2D eigenvalue weighted by atomic mass is 16.3. The van der Waals surface area contributed by atoms with Gasteiger partial charge in [0, 0.05) is 37.2 Å². The Morgan fingerprint density at radius 1 is 1.29 bits per heavy atom. The van der Waals surface area contributed by atoms with Gasteiger partial charge in [-0.15, -0.1) is 0 Å². The van der Waals surface area contributed by atoms with E-state index in [2.05, 4.69) is 17.2 Å². The fourth-order valence-electron chi connectivity index (χ4n) is 5.07. The quantitative estimate of drug-likeness (QED) is 0.849. The summed E-state index contributed by atoms with van der Waals surface area (Å²) in [5.74, 6) is 0.196. The Kier molecular flexibility index (Phi) is 5.02. The first-order chi connectivity index (χ1) is 13.4. The number of nitrogens with zero attached hydrogens (tertiary/aromatic N) is 3. The third-order valence-electron chi connectivity index (χ3n) is 6.63. The van der Waals surface area contributed by atoms with Crippen LogP contribution in [0.25, 0.3) is 0 Å². The molecule has 6 nitrogen and oxygen atoms in total. The number of fused-ring (bicyclic) bond motifs is 2. The second kappa shape index (κ2) is 7.33. The minimum absolute atomic E-state index is 0.196. The third-order valence-corrected chi connectivity index (χ3v) is 6.63. The largest absolute Gasteiger partial charge is 0.390 e. The normalized spacial score (nSPS) is 23.2. The van der Waals surface area contributed by atoms with Gasteiger partial charge in [-0.25, -0.2) is 0 Å². The molecule has 0 unspecified atom stereocenters. The number of benzene rings is 1. The molecule has 2 aromatic rings. The van der Waals surface area contributed by atoms with E-state index in [1.54, 1.807) is 0 Å². The van der Waals surface area contributed by atoms with Crippen LogP contribution < -0.4 is 5.73 Å². The molecule has 1 fully saturated rings. The molecule has 1 aliphatic heterocycles. The van der Waals surface area contributed by atoms with Crippen molar-refractivity contribution in [2.45, 2.75) is 63.6 Å². The van der Waals surface area contributed by atoms with Crippen LogP contribution in [0.15, 0.2) is 30.3 Å². The lowest BCUT2D eigenvalue weighted by Gasteiger charge is -2.42. The smallest absolute Gasteiger partial charge is 0.222 e. The van der Waals surface area contributed by atoms with Gasteiger partial charge in [0.2, 0.25) is 5.91 Å². The number of amides is 1. The first-order valence-electron chi connectivity index (χ1n) is 10.2. The summed E-state index contributed by atoms with van der Waals surface area (Å²) >= 11 is 0. The lowest BCUT2D eigenvalue weighted by atomic mass is 9.72. The van der Waals surface area contributed by atoms with Gasteiger partial charge < -0.3 is 15.7 Å². The molecule has 2 heterocycles. The van der Waals surface area contributed by atoms with Gasteiger partial charge in [0.1, 0.15) is 0 Å². The van der Waals surface area contributed by atoms with Gasteiger partial charge in [-0.05, 0) is 50.3 Å². The molecule has 1 aromatic heterocycles. The van der Waals surface area contributed by atoms with Crippen LogP contribution in [0.5, 0.6) is 0 Å². The van der Waals surface area contributed by atoms with E-state index in [-0.39, 0.29) is 17.4 Å². The number of aromatic nitrogens is 2. The number of aryl methyl sites for hydroxylation is 3. The molecule has 4 rings (SSSR count). The number of hydrogen-bond donors (Lipinski definition) is 2. The zero-order valence-corrected chi connectivity index (χ0v) is 16.8. The van der Waals surface area contributed by atoms with Crippen molar-refractivity contribution in [1.29, 1.82) is 0 Å². The Hall–Kier alpha value is -2.18. The van der Waals surface area contributed by atoms with Gasteiger partial charge in [0.15, 0.2) is 0 Å². The zero-order chi connectivity index (χ0) is 19.9. The van der Waals surface area contributed by atoms with E-state index < -0.39 is 6.10 Å². The van der Waals surface area contributed by atoms with Crippen LogP contribution >= 0.6 is 0 Å². The van der Waals surface area contributed by atoms with E-state index in [0.29, 0.717) is 19.5 Å². The number of likely N-dealkylation sites (tertiary alicyclic amines) is 1. The molecule has 0 radical (unpaired) electrons. The second-order valence-electron chi connectivity index (χ2n) is 8.35. The summed E-state index contributed by atoms with van der Waals surface area (Å²) in [6, 6.07) is 9.83. The van der Waals surface area contributed by atoms with Crippen molar-refractivity contribution in [2.24, 2.45) is 5.73 Å². The number of aliphatic hydroxyl groups is 1. The molecule has 2 aliphatic rings. The van der Waals surface area contributed by atoms with E-state index in [4.69, 9.17) is 5.73 Å². The Morgan fingerprint density at radius 3 is 2.68 bits per heavy atom. The van der Waals surface area contributed by atoms with Crippen LogP contribution in [0.4, 0.5) is 0 Å². The van der Waals surface area contributed by atoms with Gasteiger partial charge in [-0.2, -0.15) is 5.10 Å². The van der Waals surface area contributed by atoms with Crippen molar-refractivity contribution in [1.82, 2.24) is 14.7 Å². The highest BCUT2D eigenvalue weighted by molar-refractivity contribution is 5.76. The molecule has 1 aliphatic carbocycles. The molecule has 3 N–H and O–H groups in total. The lowest BCUT2D eigenvalue weighted by Crippen LogP contribution is -2.50. The number of carbonyl (C=O) groups is 1. The molecule has 1 saturated heterocycles. The van der Waals surface area contributed by atoms with E-state index in [9.17, 15) is 9.90 Å². The average Bonchev–Trinajstić information content (AvgIpc) is 3.12. The van der Waals surface area contributed by atoms with Crippen LogP contribution in [0.2, 0.25) is 0 Å². The molecular formula is C22H30N4O2. The van der Waals surface area contributed by atoms with Gasteiger partial charge in [0.25, 0.3) is 0 Å². The van der Waals surface area contributed by atoms with Crippen molar-refractivity contribution >= 4 is 5.91 Å². The molecule has 0 bridgehead atoms. The first-order valence-corrected chi connectivity index (χ1v) is 10.2.